The van der Waals surface area contributed by atoms with Crippen molar-refractivity contribution in [2.24, 2.45) is 5.92 Å². The van der Waals surface area contributed by atoms with E-state index in [4.69, 9.17) is 0 Å². The molecule has 2 heterocycles. The molecule has 0 spiro atoms. The molecule has 1 unspecified atom stereocenters. The molecule has 1 atom stereocenters. The van der Waals surface area contributed by atoms with Crippen LogP contribution in [0.5, 0.6) is 0 Å². The fourth-order valence-electron chi connectivity index (χ4n) is 2.68. The fraction of sp³-hybridized carbons (Fsp3) is 0.667. The summed E-state index contributed by atoms with van der Waals surface area (Å²) in [5.74, 6) is 1.81. The minimum Gasteiger partial charge on any atom is -0.355 e. The van der Waals surface area contributed by atoms with Gasteiger partial charge in [-0.25, -0.2) is 4.98 Å². The molecule has 3 heteroatoms. The summed E-state index contributed by atoms with van der Waals surface area (Å²) in [5, 5.41) is 3.58. The van der Waals surface area contributed by atoms with Gasteiger partial charge in [0.2, 0.25) is 0 Å². The van der Waals surface area contributed by atoms with Crippen LogP contribution in [-0.2, 0) is 0 Å². The van der Waals surface area contributed by atoms with Crippen molar-refractivity contribution >= 4 is 5.82 Å². The van der Waals surface area contributed by atoms with E-state index in [1.807, 2.05) is 12.3 Å². The first-order valence-electron chi connectivity index (χ1n) is 7.06. The lowest BCUT2D eigenvalue weighted by atomic mass is 10.1. The molecule has 0 aromatic carbocycles. The first kappa shape index (κ1) is 13.3. The predicted octanol–water partition coefficient (Wildman–Crippen LogP) is 2.60. The average Bonchev–Trinajstić information content (AvgIpc) is 2.81. The summed E-state index contributed by atoms with van der Waals surface area (Å²) in [7, 11) is 0. The van der Waals surface area contributed by atoms with Gasteiger partial charge in [-0.05, 0) is 43.9 Å². The maximum absolute atomic E-state index is 4.57. The third-order valence-corrected chi connectivity index (χ3v) is 3.47. The summed E-state index contributed by atoms with van der Waals surface area (Å²) in [6.07, 6.45) is 4.50. The zero-order valence-electron chi connectivity index (χ0n) is 11.8. The summed E-state index contributed by atoms with van der Waals surface area (Å²) in [6.45, 7) is 10.0. The van der Waals surface area contributed by atoms with Crippen LogP contribution in [-0.4, -0.2) is 30.7 Å². The molecule has 1 N–H and O–H groups in total. The summed E-state index contributed by atoms with van der Waals surface area (Å²) < 4.78 is 0. The van der Waals surface area contributed by atoms with E-state index < -0.39 is 0 Å². The standard InChI is InChI=1S/C15H25N3/c1-12(2)10-18(11-14-7-5-8-16-14)15-13(3)6-4-9-17-15/h4,6,9,12,14,16H,5,7-8,10-11H2,1-3H3. The molecule has 1 fully saturated rings. The minimum atomic E-state index is 0.630. The lowest BCUT2D eigenvalue weighted by Crippen LogP contribution is -2.40. The predicted molar refractivity (Wildman–Crippen MR) is 77.0 cm³/mol. The molecule has 18 heavy (non-hydrogen) atoms. The SMILES string of the molecule is Cc1cccnc1N(CC(C)C)CC1CCCN1. The van der Waals surface area contributed by atoms with Gasteiger partial charge in [-0.15, -0.1) is 0 Å². The Labute approximate surface area is 111 Å². The van der Waals surface area contributed by atoms with Gasteiger partial charge in [0.25, 0.3) is 0 Å². The molecular weight excluding hydrogens is 222 g/mol. The van der Waals surface area contributed by atoms with Gasteiger partial charge in [0.1, 0.15) is 5.82 Å². The molecule has 0 radical (unpaired) electrons. The van der Waals surface area contributed by atoms with Crippen LogP contribution >= 0.6 is 0 Å². The molecule has 1 aliphatic heterocycles. The zero-order valence-corrected chi connectivity index (χ0v) is 11.8. The zero-order chi connectivity index (χ0) is 13.0. The van der Waals surface area contributed by atoms with Crippen molar-refractivity contribution in [3.05, 3.63) is 23.9 Å². The number of hydrogen-bond acceptors (Lipinski definition) is 3. The first-order chi connectivity index (χ1) is 8.66. The van der Waals surface area contributed by atoms with E-state index in [0.717, 1.165) is 18.9 Å². The highest BCUT2D eigenvalue weighted by molar-refractivity contribution is 5.46. The quantitative estimate of drug-likeness (QED) is 0.867. The number of rotatable bonds is 5. The second-order valence-electron chi connectivity index (χ2n) is 5.74. The highest BCUT2D eigenvalue weighted by atomic mass is 15.2. The van der Waals surface area contributed by atoms with Crippen LogP contribution in [0.2, 0.25) is 0 Å². The molecule has 0 bridgehead atoms. The number of aryl methyl sites for hydroxylation is 1. The van der Waals surface area contributed by atoms with E-state index in [-0.39, 0.29) is 0 Å². The Kier molecular flexibility index (Phi) is 4.59. The Morgan fingerprint density at radius 3 is 2.94 bits per heavy atom. The molecule has 1 aromatic heterocycles. The monoisotopic (exact) mass is 247 g/mol. The van der Waals surface area contributed by atoms with E-state index >= 15 is 0 Å². The van der Waals surface area contributed by atoms with Crippen molar-refractivity contribution < 1.29 is 0 Å². The maximum atomic E-state index is 4.57. The van der Waals surface area contributed by atoms with Gasteiger partial charge < -0.3 is 10.2 Å². The number of aromatic nitrogens is 1. The lowest BCUT2D eigenvalue weighted by molar-refractivity contribution is 0.537. The molecular formula is C15H25N3. The van der Waals surface area contributed by atoms with Crippen LogP contribution in [0.15, 0.2) is 18.3 Å². The van der Waals surface area contributed by atoms with Crippen LogP contribution in [0.4, 0.5) is 5.82 Å². The topological polar surface area (TPSA) is 28.2 Å². The van der Waals surface area contributed by atoms with Crippen LogP contribution in [0, 0.1) is 12.8 Å². The van der Waals surface area contributed by atoms with Crippen LogP contribution in [0.3, 0.4) is 0 Å². The number of pyridine rings is 1. The summed E-state index contributed by atoms with van der Waals surface area (Å²) >= 11 is 0. The number of nitrogens with one attached hydrogen (secondary N) is 1. The Hall–Kier alpha value is -1.09. The van der Waals surface area contributed by atoms with Crippen LogP contribution < -0.4 is 10.2 Å². The van der Waals surface area contributed by atoms with Crippen molar-refractivity contribution in [1.82, 2.24) is 10.3 Å². The number of hydrogen-bond donors (Lipinski definition) is 1. The average molecular weight is 247 g/mol. The second kappa shape index (κ2) is 6.19. The Bertz CT molecular complexity index is 370. The number of nitrogens with zero attached hydrogens (tertiary/aromatic N) is 2. The van der Waals surface area contributed by atoms with Gasteiger partial charge in [0.15, 0.2) is 0 Å². The minimum absolute atomic E-state index is 0.630. The first-order valence-corrected chi connectivity index (χ1v) is 7.06. The van der Waals surface area contributed by atoms with Crippen LogP contribution in [0.1, 0.15) is 32.3 Å². The molecule has 2 rings (SSSR count). The summed E-state index contributed by atoms with van der Waals surface area (Å²) in [5.41, 5.74) is 1.27. The molecule has 1 aromatic rings. The second-order valence-corrected chi connectivity index (χ2v) is 5.74. The summed E-state index contributed by atoms with van der Waals surface area (Å²) in [4.78, 5) is 7.02. The van der Waals surface area contributed by atoms with Crippen molar-refractivity contribution in [2.75, 3.05) is 24.5 Å². The lowest BCUT2D eigenvalue weighted by Gasteiger charge is -2.29. The molecule has 0 aliphatic carbocycles. The van der Waals surface area contributed by atoms with E-state index in [1.54, 1.807) is 0 Å². The molecule has 1 saturated heterocycles. The van der Waals surface area contributed by atoms with E-state index in [2.05, 4.69) is 42.0 Å². The molecule has 100 valence electrons. The smallest absolute Gasteiger partial charge is 0.131 e. The highest BCUT2D eigenvalue weighted by Gasteiger charge is 2.20. The molecule has 1 aliphatic rings. The molecule has 3 nitrogen and oxygen atoms in total. The van der Waals surface area contributed by atoms with E-state index in [1.165, 1.54) is 24.9 Å². The van der Waals surface area contributed by atoms with Gasteiger partial charge >= 0.3 is 0 Å². The Morgan fingerprint density at radius 1 is 1.50 bits per heavy atom. The van der Waals surface area contributed by atoms with Gasteiger partial charge in [-0.3, -0.25) is 0 Å². The van der Waals surface area contributed by atoms with Gasteiger partial charge in [-0.1, -0.05) is 19.9 Å². The fourth-order valence-corrected chi connectivity index (χ4v) is 2.68. The van der Waals surface area contributed by atoms with Gasteiger partial charge in [0.05, 0.1) is 0 Å². The van der Waals surface area contributed by atoms with E-state index in [0.29, 0.717) is 12.0 Å². The van der Waals surface area contributed by atoms with Gasteiger partial charge in [-0.2, -0.15) is 0 Å². The van der Waals surface area contributed by atoms with Gasteiger partial charge in [0, 0.05) is 25.3 Å². The van der Waals surface area contributed by atoms with E-state index in [9.17, 15) is 0 Å². The largest absolute Gasteiger partial charge is 0.355 e. The van der Waals surface area contributed by atoms with Crippen LogP contribution in [0.25, 0.3) is 0 Å². The third kappa shape index (κ3) is 3.45. The van der Waals surface area contributed by atoms with Crippen molar-refractivity contribution in [3.63, 3.8) is 0 Å². The Balaban J connectivity index is 2.11. The summed E-state index contributed by atoms with van der Waals surface area (Å²) in [6, 6.07) is 4.79. The van der Waals surface area contributed by atoms with Crippen molar-refractivity contribution in [3.8, 4) is 0 Å². The van der Waals surface area contributed by atoms with Crippen molar-refractivity contribution in [2.45, 2.75) is 39.7 Å². The van der Waals surface area contributed by atoms with Crippen molar-refractivity contribution in [1.29, 1.82) is 0 Å². The maximum Gasteiger partial charge on any atom is 0.131 e. The number of anilines is 1. The normalized spacial score (nSPS) is 19.4. The highest BCUT2D eigenvalue weighted by Crippen LogP contribution is 2.19. The molecule has 0 amide bonds. The Morgan fingerprint density at radius 2 is 2.33 bits per heavy atom. The third-order valence-electron chi connectivity index (χ3n) is 3.47. The molecule has 0 saturated carbocycles.